The molecule has 1 atom stereocenters. The summed E-state index contributed by atoms with van der Waals surface area (Å²) in [4.78, 5) is 0. The van der Waals surface area contributed by atoms with E-state index >= 15 is 0 Å². The van der Waals surface area contributed by atoms with Crippen LogP contribution in [0.4, 0.5) is 0 Å². The highest BCUT2D eigenvalue weighted by atomic mass is 79.9. The van der Waals surface area contributed by atoms with Crippen LogP contribution >= 0.6 is 15.9 Å². The Kier molecular flexibility index (Phi) is 6.00. The van der Waals surface area contributed by atoms with Crippen molar-refractivity contribution in [1.82, 2.24) is 0 Å². The molecule has 0 radical (unpaired) electrons. The first-order valence-corrected chi connectivity index (χ1v) is 6.88. The number of nitrogens with two attached hydrogens (primary N) is 1. The first-order valence-electron chi connectivity index (χ1n) is 6.09. The van der Waals surface area contributed by atoms with Crippen LogP contribution in [0.25, 0.3) is 0 Å². The molecule has 0 aliphatic rings. The third kappa shape index (κ3) is 4.68. The smallest absolute Gasteiger partial charge is 0.133 e. The molecule has 0 aliphatic heterocycles. The molecule has 2 nitrogen and oxygen atoms in total. The van der Waals surface area contributed by atoms with Gasteiger partial charge < -0.3 is 10.5 Å². The molecule has 1 rings (SSSR count). The Bertz CT molecular complexity index is 352. The second-order valence-corrected chi connectivity index (χ2v) is 5.76. The molecule has 1 unspecified atom stereocenters. The van der Waals surface area contributed by atoms with Gasteiger partial charge >= 0.3 is 0 Å². The standard InChI is InChI=1S/C14H22BrNO/c1-10(2)6-12(9-16)7-11-4-5-14(17-3)13(15)8-11/h4-5,8,10,12H,6-7,9,16H2,1-3H3. The minimum absolute atomic E-state index is 0.565. The van der Waals surface area contributed by atoms with Gasteiger partial charge in [-0.15, -0.1) is 0 Å². The molecule has 17 heavy (non-hydrogen) atoms. The van der Waals surface area contributed by atoms with E-state index in [1.54, 1.807) is 7.11 Å². The highest BCUT2D eigenvalue weighted by Crippen LogP contribution is 2.27. The molecule has 0 aliphatic carbocycles. The van der Waals surface area contributed by atoms with E-state index in [1.165, 1.54) is 12.0 Å². The van der Waals surface area contributed by atoms with Gasteiger partial charge in [-0.3, -0.25) is 0 Å². The van der Waals surface area contributed by atoms with Crippen molar-refractivity contribution in [2.75, 3.05) is 13.7 Å². The summed E-state index contributed by atoms with van der Waals surface area (Å²) in [5.41, 5.74) is 7.14. The Morgan fingerprint density at radius 3 is 2.53 bits per heavy atom. The van der Waals surface area contributed by atoms with Gasteiger partial charge in [0, 0.05) is 0 Å². The van der Waals surface area contributed by atoms with Gasteiger partial charge in [0.2, 0.25) is 0 Å². The van der Waals surface area contributed by atoms with Crippen LogP contribution in [0.3, 0.4) is 0 Å². The SMILES string of the molecule is COc1ccc(CC(CN)CC(C)C)cc1Br. The summed E-state index contributed by atoms with van der Waals surface area (Å²) in [7, 11) is 1.68. The van der Waals surface area contributed by atoms with Crippen molar-refractivity contribution in [2.45, 2.75) is 26.7 Å². The first-order chi connectivity index (χ1) is 8.06. The lowest BCUT2D eigenvalue weighted by Gasteiger charge is -2.17. The molecule has 2 N–H and O–H groups in total. The molecule has 0 heterocycles. The molecule has 0 amide bonds. The summed E-state index contributed by atoms with van der Waals surface area (Å²) in [6.07, 6.45) is 2.22. The fourth-order valence-electron chi connectivity index (χ4n) is 2.10. The normalized spacial score (nSPS) is 12.8. The largest absolute Gasteiger partial charge is 0.496 e. The lowest BCUT2D eigenvalue weighted by atomic mass is 9.91. The predicted molar refractivity (Wildman–Crippen MR) is 76.4 cm³/mol. The van der Waals surface area contributed by atoms with E-state index in [2.05, 4.69) is 41.9 Å². The van der Waals surface area contributed by atoms with Crippen LogP contribution in [0.5, 0.6) is 5.75 Å². The fourth-order valence-corrected chi connectivity index (χ4v) is 2.69. The van der Waals surface area contributed by atoms with E-state index in [-0.39, 0.29) is 0 Å². The second-order valence-electron chi connectivity index (χ2n) is 4.90. The van der Waals surface area contributed by atoms with Crippen LogP contribution in [0.2, 0.25) is 0 Å². The zero-order valence-electron chi connectivity index (χ0n) is 10.9. The van der Waals surface area contributed by atoms with Crippen molar-refractivity contribution in [3.63, 3.8) is 0 Å². The Morgan fingerprint density at radius 2 is 2.06 bits per heavy atom. The molecule has 1 aromatic carbocycles. The quantitative estimate of drug-likeness (QED) is 0.871. The van der Waals surface area contributed by atoms with Crippen LogP contribution in [-0.2, 0) is 6.42 Å². The molecular formula is C14H22BrNO. The van der Waals surface area contributed by atoms with E-state index < -0.39 is 0 Å². The maximum Gasteiger partial charge on any atom is 0.133 e. The summed E-state index contributed by atoms with van der Waals surface area (Å²) in [5, 5.41) is 0. The van der Waals surface area contributed by atoms with E-state index in [4.69, 9.17) is 10.5 Å². The molecule has 1 aromatic rings. The lowest BCUT2D eigenvalue weighted by Crippen LogP contribution is -2.18. The Balaban J connectivity index is 2.69. The van der Waals surface area contributed by atoms with Crippen LogP contribution in [0, 0.1) is 11.8 Å². The Morgan fingerprint density at radius 1 is 1.35 bits per heavy atom. The fraction of sp³-hybridized carbons (Fsp3) is 0.571. The Labute approximate surface area is 113 Å². The van der Waals surface area contributed by atoms with E-state index in [0.717, 1.165) is 23.2 Å². The molecule has 0 spiro atoms. The van der Waals surface area contributed by atoms with Crippen molar-refractivity contribution in [2.24, 2.45) is 17.6 Å². The van der Waals surface area contributed by atoms with Crippen LogP contribution in [-0.4, -0.2) is 13.7 Å². The number of halogens is 1. The molecule has 0 saturated carbocycles. The molecular weight excluding hydrogens is 278 g/mol. The number of hydrogen-bond donors (Lipinski definition) is 1. The summed E-state index contributed by atoms with van der Waals surface area (Å²) in [6.45, 7) is 5.24. The lowest BCUT2D eigenvalue weighted by molar-refractivity contribution is 0.408. The van der Waals surface area contributed by atoms with Gasteiger partial charge in [-0.25, -0.2) is 0 Å². The van der Waals surface area contributed by atoms with Gasteiger partial charge in [-0.2, -0.15) is 0 Å². The number of benzene rings is 1. The third-order valence-electron chi connectivity index (χ3n) is 2.88. The first kappa shape index (κ1) is 14.5. The number of hydrogen-bond acceptors (Lipinski definition) is 2. The summed E-state index contributed by atoms with van der Waals surface area (Å²) >= 11 is 3.51. The number of ether oxygens (including phenoxy) is 1. The topological polar surface area (TPSA) is 35.2 Å². The molecule has 3 heteroatoms. The van der Waals surface area contributed by atoms with E-state index in [1.807, 2.05) is 6.07 Å². The third-order valence-corrected chi connectivity index (χ3v) is 3.50. The van der Waals surface area contributed by atoms with Gasteiger partial charge in [-0.05, 0) is 64.8 Å². The average molecular weight is 300 g/mol. The van der Waals surface area contributed by atoms with Crippen molar-refractivity contribution in [1.29, 1.82) is 0 Å². The maximum absolute atomic E-state index is 5.83. The van der Waals surface area contributed by atoms with Crippen LogP contribution in [0.1, 0.15) is 25.8 Å². The van der Waals surface area contributed by atoms with Crippen molar-refractivity contribution in [3.05, 3.63) is 28.2 Å². The predicted octanol–water partition coefficient (Wildman–Crippen LogP) is 3.62. The summed E-state index contributed by atoms with van der Waals surface area (Å²) < 4.78 is 6.24. The molecule has 0 saturated heterocycles. The number of methoxy groups -OCH3 is 1. The van der Waals surface area contributed by atoms with Crippen molar-refractivity contribution < 1.29 is 4.74 Å². The minimum Gasteiger partial charge on any atom is -0.496 e. The van der Waals surface area contributed by atoms with Crippen LogP contribution in [0.15, 0.2) is 22.7 Å². The van der Waals surface area contributed by atoms with Gasteiger partial charge in [-0.1, -0.05) is 19.9 Å². The maximum atomic E-state index is 5.83. The van der Waals surface area contributed by atoms with Gasteiger partial charge in [0.25, 0.3) is 0 Å². The van der Waals surface area contributed by atoms with Gasteiger partial charge in [0.1, 0.15) is 5.75 Å². The van der Waals surface area contributed by atoms with Gasteiger partial charge in [0.05, 0.1) is 11.6 Å². The molecule has 0 bridgehead atoms. The second kappa shape index (κ2) is 7.02. The zero-order valence-corrected chi connectivity index (χ0v) is 12.5. The zero-order chi connectivity index (χ0) is 12.8. The minimum atomic E-state index is 0.565. The average Bonchev–Trinajstić information content (AvgIpc) is 2.27. The van der Waals surface area contributed by atoms with E-state index in [9.17, 15) is 0 Å². The van der Waals surface area contributed by atoms with Gasteiger partial charge in [0.15, 0.2) is 0 Å². The molecule has 0 fully saturated rings. The Hall–Kier alpha value is -0.540. The molecule has 96 valence electrons. The van der Waals surface area contributed by atoms with E-state index in [0.29, 0.717) is 11.8 Å². The summed E-state index contributed by atoms with van der Waals surface area (Å²) in [5.74, 6) is 2.14. The molecule has 0 aromatic heterocycles. The van der Waals surface area contributed by atoms with Crippen molar-refractivity contribution >= 4 is 15.9 Å². The summed E-state index contributed by atoms with van der Waals surface area (Å²) in [6, 6.07) is 6.25. The number of rotatable bonds is 6. The monoisotopic (exact) mass is 299 g/mol. The van der Waals surface area contributed by atoms with Crippen molar-refractivity contribution in [3.8, 4) is 5.75 Å². The van der Waals surface area contributed by atoms with Crippen LogP contribution < -0.4 is 10.5 Å². The highest BCUT2D eigenvalue weighted by Gasteiger charge is 2.11. The highest BCUT2D eigenvalue weighted by molar-refractivity contribution is 9.10.